The van der Waals surface area contributed by atoms with Crippen LogP contribution in [0.25, 0.3) is 11.1 Å². The lowest BCUT2D eigenvalue weighted by Crippen LogP contribution is -2.46. The van der Waals surface area contributed by atoms with Crippen molar-refractivity contribution in [3.8, 4) is 16.9 Å². The number of likely N-dealkylation sites (tertiary alicyclic amines) is 1. The quantitative estimate of drug-likeness (QED) is 0.671. The van der Waals surface area contributed by atoms with Crippen molar-refractivity contribution in [3.05, 3.63) is 54.3 Å². The van der Waals surface area contributed by atoms with Gasteiger partial charge >= 0.3 is 6.09 Å². The van der Waals surface area contributed by atoms with Gasteiger partial charge in [-0.1, -0.05) is 24.3 Å². The maximum Gasteiger partial charge on any atom is 0.410 e. The Morgan fingerprint density at radius 1 is 1.03 bits per heavy atom. The first kappa shape index (κ1) is 19.7. The van der Waals surface area contributed by atoms with Crippen LogP contribution in [-0.2, 0) is 4.74 Å². The van der Waals surface area contributed by atoms with E-state index in [2.05, 4.69) is 0 Å². The minimum atomic E-state index is -0.460. The van der Waals surface area contributed by atoms with Crippen LogP contribution < -0.4 is 4.74 Å². The highest BCUT2D eigenvalue weighted by molar-refractivity contribution is 5.68. The van der Waals surface area contributed by atoms with Gasteiger partial charge in [-0.15, -0.1) is 0 Å². The fraction of sp³-hybridized carbons (Fsp3) is 0.458. The molecule has 1 amide bonds. The zero-order valence-electron chi connectivity index (χ0n) is 17.3. The van der Waals surface area contributed by atoms with Gasteiger partial charge in [-0.2, -0.15) is 0 Å². The van der Waals surface area contributed by atoms with Crippen LogP contribution in [0.15, 0.2) is 48.5 Å². The van der Waals surface area contributed by atoms with Crippen molar-refractivity contribution in [2.75, 3.05) is 13.1 Å². The van der Waals surface area contributed by atoms with E-state index in [9.17, 15) is 9.18 Å². The Morgan fingerprint density at radius 2 is 1.62 bits per heavy atom. The lowest BCUT2D eigenvalue weighted by Gasteiger charge is -2.44. The monoisotopic (exact) mass is 397 g/mol. The van der Waals surface area contributed by atoms with Crippen LogP contribution in [0.1, 0.15) is 40.0 Å². The summed E-state index contributed by atoms with van der Waals surface area (Å²) in [5.41, 5.74) is 1.73. The summed E-state index contributed by atoms with van der Waals surface area (Å²) >= 11 is 0. The van der Waals surface area contributed by atoms with Gasteiger partial charge in [0.05, 0.1) is 6.10 Å². The second-order valence-corrected chi connectivity index (χ2v) is 9.33. The van der Waals surface area contributed by atoms with E-state index in [1.165, 1.54) is 12.1 Å². The molecule has 2 aromatic carbocycles. The third kappa shape index (κ3) is 4.55. The predicted molar refractivity (Wildman–Crippen MR) is 110 cm³/mol. The van der Waals surface area contributed by atoms with Gasteiger partial charge in [0.25, 0.3) is 0 Å². The third-order valence-corrected chi connectivity index (χ3v) is 5.75. The molecule has 4 rings (SSSR count). The first-order valence-corrected chi connectivity index (χ1v) is 10.2. The molecule has 1 heterocycles. The number of benzene rings is 2. The van der Waals surface area contributed by atoms with Gasteiger partial charge in [-0.25, -0.2) is 9.18 Å². The van der Waals surface area contributed by atoms with Gasteiger partial charge in [0, 0.05) is 13.1 Å². The number of hydrogen-bond acceptors (Lipinski definition) is 3. The number of nitrogens with zero attached hydrogens (tertiary/aromatic N) is 1. The molecule has 0 bridgehead atoms. The van der Waals surface area contributed by atoms with Crippen molar-refractivity contribution >= 4 is 6.09 Å². The Morgan fingerprint density at radius 3 is 2.21 bits per heavy atom. The molecule has 0 radical (unpaired) electrons. The average Bonchev–Trinajstić information content (AvgIpc) is 3.07. The predicted octanol–water partition coefficient (Wildman–Crippen LogP) is 5.66. The third-order valence-electron chi connectivity index (χ3n) is 5.75. The summed E-state index contributed by atoms with van der Waals surface area (Å²) in [5.74, 6) is 0.613. The Balaban J connectivity index is 1.29. The summed E-state index contributed by atoms with van der Waals surface area (Å²) in [4.78, 5) is 14.1. The molecule has 4 nitrogen and oxygen atoms in total. The molecule has 0 unspecified atom stereocenters. The maximum atomic E-state index is 13.1. The molecular formula is C24H28FNO3. The van der Waals surface area contributed by atoms with E-state index in [0.717, 1.165) is 49.2 Å². The first-order valence-electron chi connectivity index (χ1n) is 10.2. The maximum absolute atomic E-state index is 13.1. The molecule has 1 saturated heterocycles. The number of ether oxygens (including phenoxy) is 2. The zero-order chi connectivity index (χ0) is 20.6. The van der Waals surface area contributed by atoms with Crippen molar-refractivity contribution in [1.29, 1.82) is 0 Å². The number of halogens is 1. The van der Waals surface area contributed by atoms with Gasteiger partial charge in [0.1, 0.15) is 17.2 Å². The summed E-state index contributed by atoms with van der Waals surface area (Å²) in [6, 6.07) is 14.4. The van der Waals surface area contributed by atoms with Crippen molar-refractivity contribution < 1.29 is 18.7 Å². The molecule has 0 aromatic heterocycles. The minimum absolute atomic E-state index is 0.176. The highest BCUT2D eigenvalue weighted by Gasteiger charge is 2.51. The van der Waals surface area contributed by atoms with E-state index < -0.39 is 5.60 Å². The minimum Gasteiger partial charge on any atom is -0.490 e. The molecule has 1 aliphatic heterocycles. The molecule has 1 saturated carbocycles. The lowest BCUT2D eigenvalue weighted by molar-refractivity contribution is -0.0137. The number of amides is 1. The van der Waals surface area contributed by atoms with Crippen LogP contribution in [-0.4, -0.2) is 35.8 Å². The topological polar surface area (TPSA) is 38.8 Å². The summed E-state index contributed by atoms with van der Waals surface area (Å²) in [7, 11) is 0. The van der Waals surface area contributed by atoms with Gasteiger partial charge in [-0.05, 0) is 80.8 Å². The van der Waals surface area contributed by atoms with E-state index in [1.54, 1.807) is 12.1 Å². The smallest absolute Gasteiger partial charge is 0.410 e. The SMILES string of the molecule is CC(C)(C)OC(=O)N1CCC2(CC(Oc3ccc(-c4ccc(F)cc4)cc3)C2)C1. The molecule has 154 valence electrons. The molecule has 1 spiro atoms. The number of carbonyl (C=O) groups excluding carboxylic acids is 1. The van der Waals surface area contributed by atoms with Crippen molar-refractivity contribution in [1.82, 2.24) is 4.90 Å². The highest BCUT2D eigenvalue weighted by atomic mass is 19.1. The summed E-state index contributed by atoms with van der Waals surface area (Å²) in [5, 5.41) is 0. The molecule has 29 heavy (non-hydrogen) atoms. The molecule has 2 aromatic rings. The second-order valence-electron chi connectivity index (χ2n) is 9.33. The van der Waals surface area contributed by atoms with Crippen molar-refractivity contribution in [2.24, 2.45) is 5.41 Å². The first-order chi connectivity index (χ1) is 13.7. The molecule has 2 aliphatic rings. The second kappa shape index (κ2) is 7.36. The van der Waals surface area contributed by atoms with Crippen LogP contribution in [0.4, 0.5) is 9.18 Å². The molecule has 0 atom stereocenters. The Labute approximate surface area is 171 Å². The van der Waals surface area contributed by atoms with Gasteiger partial charge < -0.3 is 14.4 Å². The molecule has 2 fully saturated rings. The normalized spacial score (nSPS) is 23.7. The largest absolute Gasteiger partial charge is 0.490 e. The lowest BCUT2D eigenvalue weighted by atomic mass is 9.66. The van der Waals surface area contributed by atoms with Crippen LogP contribution in [0.2, 0.25) is 0 Å². The fourth-order valence-corrected chi connectivity index (χ4v) is 4.30. The standard InChI is InChI=1S/C24H28FNO3/c1-23(2,3)29-22(27)26-13-12-24(16-26)14-21(15-24)28-20-10-6-18(7-11-20)17-4-8-19(25)9-5-17/h4-11,21H,12-16H2,1-3H3. The summed E-state index contributed by atoms with van der Waals surface area (Å²) < 4.78 is 24.7. The zero-order valence-corrected chi connectivity index (χ0v) is 17.3. The van der Waals surface area contributed by atoms with Crippen LogP contribution in [0.3, 0.4) is 0 Å². The van der Waals surface area contributed by atoms with Gasteiger partial charge in [0.15, 0.2) is 0 Å². The van der Waals surface area contributed by atoms with Gasteiger partial charge in [0.2, 0.25) is 0 Å². The number of carbonyl (C=O) groups is 1. The van der Waals surface area contributed by atoms with E-state index in [-0.39, 0.29) is 23.4 Å². The summed E-state index contributed by atoms with van der Waals surface area (Å²) in [6.45, 7) is 7.20. The highest BCUT2D eigenvalue weighted by Crippen LogP contribution is 2.49. The molecule has 5 heteroatoms. The van der Waals surface area contributed by atoms with E-state index >= 15 is 0 Å². The number of hydrogen-bond donors (Lipinski definition) is 0. The Bertz CT molecular complexity index is 864. The Hall–Kier alpha value is -2.56. The molecule has 1 aliphatic carbocycles. The van der Waals surface area contributed by atoms with Gasteiger partial charge in [-0.3, -0.25) is 0 Å². The number of rotatable bonds is 3. The average molecular weight is 397 g/mol. The van der Waals surface area contributed by atoms with E-state index in [0.29, 0.717) is 0 Å². The molecular weight excluding hydrogens is 369 g/mol. The van der Waals surface area contributed by atoms with Crippen LogP contribution >= 0.6 is 0 Å². The van der Waals surface area contributed by atoms with Crippen molar-refractivity contribution in [3.63, 3.8) is 0 Å². The summed E-state index contributed by atoms with van der Waals surface area (Å²) in [6.07, 6.45) is 2.91. The fourth-order valence-electron chi connectivity index (χ4n) is 4.30. The van der Waals surface area contributed by atoms with Crippen LogP contribution in [0.5, 0.6) is 5.75 Å². The molecule has 0 N–H and O–H groups in total. The van der Waals surface area contributed by atoms with Crippen LogP contribution in [0, 0.1) is 11.2 Å². The van der Waals surface area contributed by atoms with E-state index in [1.807, 2.05) is 49.9 Å². The van der Waals surface area contributed by atoms with Crippen molar-refractivity contribution in [2.45, 2.75) is 51.7 Å². The Kier molecular flexibility index (Phi) is 5.01. The van der Waals surface area contributed by atoms with E-state index in [4.69, 9.17) is 9.47 Å².